The first-order valence-electron chi connectivity index (χ1n) is 5.04. The van der Waals surface area contributed by atoms with Crippen LogP contribution in [0.2, 0.25) is 9.36 Å². The van der Waals surface area contributed by atoms with Gasteiger partial charge in [-0.1, -0.05) is 29.3 Å². The van der Waals surface area contributed by atoms with E-state index in [1.165, 1.54) is 10.4 Å². The molecule has 1 nitrogen and oxygen atoms in total. The van der Waals surface area contributed by atoms with Gasteiger partial charge in [-0.05, 0) is 45.8 Å². The molecular formula is C12H10BrCl2NS. The molecule has 0 atom stereocenters. The molecule has 0 aliphatic heterocycles. The van der Waals surface area contributed by atoms with Gasteiger partial charge >= 0.3 is 0 Å². The van der Waals surface area contributed by atoms with Crippen LogP contribution in [0.15, 0.2) is 34.8 Å². The SMILES string of the molecule is Clc1ccc(CNCc2ccc(Br)c(Cl)c2)s1. The predicted molar refractivity (Wildman–Crippen MR) is 79.0 cm³/mol. The molecule has 1 heterocycles. The van der Waals surface area contributed by atoms with Gasteiger partial charge in [-0.3, -0.25) is 0 Å². The zero-order valence-corrected chi connectivity index (χ0v) is 12.8. The monoisotopic (exact) mass is 349 g/mol. The Balaban J connectivity index is 1.87. The van der Waals surface area contributed by atoms with Crippen molar-refractivity contribution in [3.8, 4) is 0 Å². The minimum absolute atomic E-state index is 0.739. The maximum atomic E-state index is 6.02. The van der Waals surface area contributed by atoms with E-state index in [1.54, 1.807) is 11.3 Å². The normalized spacial score (nSPS) is 10.8. The van der Waals surface area contributed by atoms with Crippen LogP contribution in [0.4, 0.5) is 0 Å². The summed E-state index contributed by atoms with van der Waals surface area (Å²) in [5.41, 5.74) is 1.17. The minimum Gasteiger partial charge on any atom is -0.308 e. The summed E-state index contributed by atoms with van der Waals surface area (Å²) < 4.78 is 1.75. The van der Waals surface area contributed by atoms with Crippen molar-refractivity contribution in [3.05, 3.63) is 54.6 Å². The van der Waals surface area contributed by atoms with Crippen LogP contribution >= 0.6 is 50.5 Å². The Kier molecular flexibility index (Phi) is 4.88. The molecule has 5 heteroatoms. The van der Waals surface area contributed by atoms with Crippen LogP contribution in [0.1, 0.15) is 10.4 Å². The summed E-state index contributed by atoms with van der Waals surface area (Å²) in [4.78, 5) is 1.23. The van der Waals surface area contributed by atoms with Crippen molar-refractivity contribution in [1.82, 2.24) is 5.32 Å². The molecule has 0 saturated heterocycles. The van der Waals surface area contributed by atoms with Crippen LogP contribution in [0.3, 0.4) is 0 Å². The average Bonchev–Trinajstić information content (AvgIpc) is 2.70. The first kappa shape index (κ1) is 13.4. The van der Waals surface area contributed by atoms with Crippen LogP contribution in [0, 0.1) is 0 Å². The van der Waals surface area contributed by atoms with E-state index in [4.69, 9.17) is 23.2 Å². The van der Waals surface area contributed by atoms with Gasteiger partial charge in [-0.15, -0.1) is 11.3 Å². The fourth-order valence-electron chi connectivity index (χ4n) is 1.43. The molecule has 0 fully saturated rings. The molecule has 0 amide bonds. The molecule has 0 saturated carbocycles. The Bertz CT molecular complexity index is 513. The molecule has 1 aromatic heterocycles. The van der Waals surface area contributed by atoms with Gasteiger partial charge in [0, 0.05) is 22.4 Å². The third-order valence-electron chi connectivity index (χ3n) is 2.24. The number of halogens is 3. The third-order valence-corrected chi connectivity index (χ3v) is 4.70. The van der Waals surface area contributed by atoms with Gasteiger partial charge in [0.1, 0.15) is 0 Å². The zero-order chi connectivity index (χ0) is 12.3. The second kappa shape index (κ2) is 6.21. The Morgan fingerprint density at radius 3 is 2.59 bits per heavy atom. The molecule has 17 heavy (non-hydrogen) atoms. The van der Waals surface area contributed by atoms with E-state index in [1.807, 2.05) is 30.3 Å². The number of hydrogen-bond donors (Lipinski definition) is 1. The molecule has 90 valence electrons. The summed E-state index contributed by atoms with van der Waals surface area (Å²) in [5, 5.41) is 4.10. The predicted octanol–water partition coefficient (Wildman–Crippen LogP) is 5.11. The highest BCUT2D eigenvalue weighted by Crippen LogP contribution is 2.23. The van der Waals surface area contributed by atoms with Gasteiger partial charge in [0.25, 0.3) is 0 Å². The largest absolute Gasteiger partial charge is 0.308 e. The van der Waals surface area contributed by atoms with Gasteiger partial charge < -0.3 is 5.32 Å². The van der Waals surface area contributed by atoms with Crippen molar-refractivity contribution in [2.45, 2.75) is 13.1 Å². The van der Waals surface area contributed by atoms with Gasteiger partial charge in [-0.2, -0.15) is 0 Å². The molecule has 0 bridgehead atoms. The summed E-state index contributed by atoms with van der Waals surface area (Å²) in [6.07, 6.45) is 0. The van der Waals surface area contributed by atoms with Crippen LogP contribution in [-0.2, 0) is 13.1 Å². The van der Waals surface area contributed by atoms with Crippen molar-refractivity contribution in [2.24, 2.45) is 0 Å². The lowest BCUT2D eigenvalue weighted by Crippen LogP contribution is -2.11. The van der Waals surface area contributed by atoms with Crippen molar-refractivity contribution < 1.29 is 0 Å². The van der Waals surface area contributed by atoms with Gasteiger partial charge in [0.05, 0.1) is 9.36 Å². The van der Waals surface area contributed by atoms with E-state index in [0.717, 1.165) is 26.9 Å². The van der Waals surface area contributed by atoms with Gasteiger partial charge in [0.15, 0.2) is 0 Å². The molecule has 0 unspecified atom stereocenters. The summed E-state index contributed by atoms with van der Waals surface area (Å²) in [6.45, 7) is 1.62. The smallest absolute Gasteiger partial charge is 0.0931 e. The molecule has 0 radical (unpaired) electrons. The van der Waals surface area contributed by atoms with Gasteiger partial charge in [-0.25, -0.2) is 0 Å². The number of thiophene rings is 1. The molecule has 0 aliphatic carbocycles. The Hall–Kier alpha value is -0.0600. The van der Waals surface area contributed by atoms with Crippen LogP contribution in [-0.4, -0.2) is 0 Å². The first-order chi connectivity index (χ1) is 8.15. The summed E-state index contributed by atoms with van der Waals surface area (Å²) in [6, 6.07) is 9.92. The second-order valence-electron chi connectivity index (χ2n) is 3.56. The number of nitrogens with one attached hydrogen (secondary N) is 1. The van der Waals surface area contributed by atoms with Crippen molar-refractivity contribution >= 4 is 50.5 Å². The molecule has 1 N–H and O–H groups in total. The summed E-state index contributed by atoms with van der Waals surface area (Å²) >= 11 is 16.9. The quantitative estimate of drug-likeness (QED) is 0.808. The van der Waals surface area contributed by atoms with Crippen molar-refractivity contribution in [2.75, 3.05) is 0 Å². The van der Waals surface area contributed by atoms with E-state index in [-0.39, 0.29) is 0 Å². The number of rotatable bonds is 4. The maximum absolute atomic E-state index is 6.02. The number of benzene rings is 1. The minimum atomic E-state index is 0.739. The Morgan fingerprint density at radius 2 is 1.94 bits per heavy atom. The third kappa shape index (κ3) is 3.97. The highest BCUT2D eigenvalue weighted by atomic mass is 79.9. The Labute approximate surface area is 123 Å². The molecular weight excluding hydrogens is 341 g/mol. The van der Waals surface area contributed by atoms with E-state index in [0.29, 0.717) is 0 Å². The lowest BCUT2D eigenvalue weighted by molar-refractivity contribution is 0.701. The highest BCUT2D eigenvalue weighted by molar-refractivity contribution is 9.10. The summed E-state index contributed by atoms with van der Waals surface area (Å²) in [7, 11) is 0. The highest BCUT2D eigenvalue weighted by Gasteiger charge is 2.00. The Morgan fingerprint density at radius 1 is 1.12 bits per heavy atom. The lowest BCUT2D eigenvalue weighted by atomic mass is 10.2. The molecule has 0 aliphatic rings. The molecule has 2 rings (SSSR count). The van der Waals surface area contributed by atoms with Crippen LogP contribution in [0.25, 0.3) is 0 Å². The van der Waals surface area contributed by atoms with Crippen molar-refractivity contribution in [1.29, 1.82) is 0 Å². The number of hydrogen-bond acceptors (Lipinski definition) is 2. The standard InChI is InChI=1S/C12H10BrCl2NS/c13-10-3-1-8(5-11(10)14)6-16-7-9-2-4-12(15)17-9/h1-5,16H,6-7H2. The van der Waals surface area contributed by atoms with Crippen LogP contribution in [0.5, 0.6) is 0 Å². The van der Waals surface area contributed by atoms with E-state index < -0.39 is 0 Å². The topological polar surface area (TPSA) is 12.0 Å². The maximum Gasteiger partial charge on any atom is 0.0931 e. The molecule has 2 aromatic rings. The summed E-state index contributed by atoms with van der Waals surface area (Å²) in [5.74, 6) is 0. The fraction of sp³-hybridized carbons (Fsp3) is 0.167. The fourth-order valence-corrected chi connectivity index (χ4v) is 2.93. The van der Waals surface area contributed by atoms with E-state index in [9.17, 15) is 0 Å². The first-order valence-corrected chi connectivity index (χ1v) is 7.40. The van der Waals surface area contributed by atoms with Gasteiger partial charge in [0.2, 0.25) is 0 Å². The zero-order valence-electron chi connectivity index (χ0n) is 8.84. The van der Waals surface area contributed by atoms with E-state index >= 15 is 0 Å². The second-order valence-corrected chi connectivity index (χ2v) is 6.62. The average molecular weight is 351 g/mol. The lowest BCUT2D eigenvalue weighted by Gasteiger charge is -2.04. The molecule has 0 spiro atoms. The van der Waals surface area contributed by atoms with Crippen molar-refractivity contribution in [3.63, 3.8) is 0 Å². The molecule has 1 aromatic carbocycles. The van der Waals surface area contributed by atoms with Crippen LogP contribution < -0.4 is 5.32 Å². The van der Waals surface area contributed by atoms with E-state index in [2.05, 4.69) is 21.2 Å².